The van der Waals surface area contributed by atoms with Crippen LogP contribution in [0.3, 0.4) is 0 Å². The van der Waals surface area contributed by atoms with Crippen molar-refractivity contribution in [3.8, 4) is 0 Å². The molecule has 0 aliphatic carbocycles. The van der Waals surface area contributed by atoms with Crippen molar-refractivity contribution in [1.29, 1.82) is 0 Å². The quantitative estimate of drug-likeness (QED) is 0.653. The smallest absolute Gasteiger partial charge is 0.287 e. The molecule has 8 nitrogen and oxygen atoms in total. The Balaban J connectivity index is 1.67. The second-order valence-electron chi connectivity index (χ2n) is 4.30. The topological polar surface area (TPSA) is 98.8 Å². The molecule has 2 aromatic rings. The fourth-order valence-corrected chi connectivity index (χ4v) is 2.11. The molecule has 1 aliphatic heterocycles. The van der Waals surface area contributed by atoms with E-state index in [9.17, 15) is 10.1 Å². The molecule has 0 fully saturated rings. The van der Waals surface area contributed by atoms with Crippen LogP contribution in [-0.2, 0) is 19.5 Å². The maximum atomic E-state index is 10.5. The van der Waals surface area contributed by atoms with E-state index in [2.05, 4.69) is 25.1 Å². The van der Waals surface area contributed by atoms with Crippen LogP contribution in [0.4, 0.5) is 11.5 Å². The number of nitro groups is 1. The molecule has 19 heavy (non-hydrogen) atoms. The maximum Gasteiger partial charge on any atom is 0.287 e. The number of pyridine rings is 1. The zero-order valence-electron chi connectivity index (χ0n) is 10.1. The van der Waals surface area contributed by atoms with Crippen LogP contribution >= 0.6 is 0 Å². The summed E-state index contributed by atoms with van der Waals surface area (Å²) in [4.78, 5) is 14.0. The largest absolute Gasteiger partial charge is 0.363 e. The van der Waals surface area contributed by atoms with Crippen molar-refractivity contribution in [2.75, 3.05) is 5.32 Å². The van der Waals surface area contributed by atoms with Crippen molar-refractivity contribution in [3.63, 3.8) is 0 Å². The molecule has 0 amide bonds. The van der Waals surface area contributed by atoms with Gasteiger partial charge in [0.05, 0.1) is 11.5 Å². The van der Waals surface area contributed by atoms with Gasteiger partial charge in [-0.3, -0.25) is 10.1 Å². The van der Waals surface area contributed by atoms with Gasteiger partial charge in [0.25, 0.3) is 5.69 Å². The maximum absolute atomic E-state index is 10.5. The number of nitrogens with zero attached hydrogens (tertiary/aromatic N) is 5. The number of rotatable bonds is 4. The Hall–Kier alpha value is -2.51. The highest BCUT2D eigenvalue weighted by molar-refractivity contribution is 5.40. The van der Waals surface area contributed by atoms with E-state index in [0.29, 0.717) is 12.4 Å². The van der Waals surface area contributed by atoms with Crippen molar-refractivity contribution in [1.82, 2.24) is 19.7 Å². The predicted molar refractivity (Wildman–Crippen MR) is 66.6 cm³/mol. The van der Waals surface area contributed by atoms with Crippen LogP contribution in [0.15, 0.2) is 18.3 Å². The van der Waals surface area contributed by atoms with Gasteiger partial charge in [0, 0.05) is 19.0 Å². The average Bonchev–Trinajstić information content (AvgIpc) is 3.00. The third-order valence-electron chi connectivity index (χ3n) is 3.07. The van der Waals surface area contributed by atoms with Crippen molar-refractivity contribution in [3.05, 3.63) is 40.1 Å². The highest BCUT2D eigenvalue weighted by atomic mass is 16.6. The van der Waals surface area contributed by atoms with E-state index >= 15 is 0 Å². The summed E-state index contributed by atoms with van der Waals surface area (Å²) < 4.78 is 2.10. The van der Waals surface area contributed by atoms with E-state index in [1.54, 1.807) is 6.07 Å². The minimum Gasteiger partial charge on any atom is -0.363 e. The standard InChI is InChI=1S/C11H12N6O2/c18-17(19)8-3-4-9(12-6-8)13-7-11-15-14-10-2-1-5-16(10)11/h3-4,6H,1-2,5,7H2,(H,12,13). The van der Waals surface area contributed by atoms with Gasteiger partial charge >= 0.3 is 0 Å². The molecule has 0 spiro atoms. The van der Waals surface area contributed by atoms with Crippen LogP contribution in [0.1, 0.15) is 18.1 Å². The fraction of sp³-hybridized carbons (Fsp3) is 0.364. The molecule has 2 aromatic heterocycles. The lowest BCUT2D eigenvalue weighted by molar-refractivity contribution is -0.385. The Bertz CT molecular complexity index is 606. The Labute approximate surface area is 108 Å². The van der Waals surface area contributed by atoms with E-state index in [0.717, 1.165) is 31.0 Å². The molecule has 3 rings (SSSR count). The molecule has 1 aliphatic rings. The van der Waals surface area contributed by atoms with Gasteiger partial charge in [-0.25, -0.2) is 4.98 Å². The third kappa shape index (κ3) is 2.24. The van der Waals surface area contributed by atoms with Crippen LogP contribution in [0.25, 0.3) is 0 Å². The Morgan fingerprint density at radius 3 is 3.05 bits per heavy atom. The van der Waals surface area contributed by atoms with E-state index in [-0.39, 0.29) is 5.69 Å². The highest BCUT2D eigenvalue weighted by Gasteiger charge is 2.16. The van der Waals surface area contributed by atoms with E-state index in [4.69, 9.17) is 0 Å². The lowest BCUT2D eigenvalue weighted by Gasteiger charge is -2.05. The summed E-state index contributed by atoms with van der Waals surface area (Å²) in [5.74, 6) is 2.47. The molecular formula is C11H12N6O2. The second kappa shape index (κ2) is 4.63. The molecular weight excluding hydrogens is 248 g/mol. The van der Waals surface area contributed by atoms with Crippen LogP contribution in [0, 0.1) is 10.1 Å². The summed E-state index contributed by atoms with van der Waals surface area (Å²) in [5, 5.41) is 21.8. The second-order valence-corrected chi connectivity index (χ2v) is 4.30. The first kappa shape index (κ1) is 11.6. The third-order valence-corrected chi connectivity index (χ3v) is 3.07. The van der Waals surface area contributed by atoms with Gasteiger partial charge in [-0.05, 0) is 12.5 Å². The predicted octanol–water partition coefficient (Wildman–Crippen LogP) is 1.14. The van der Waals surface area contributed by atoms with E-state index in [1.165, 1.54) is 12.3 Å². The summed E-state index contributed by atoms with van der Waals surface area (Å²) in [7, 11) is 0. The summed E-state index contributed by atoms with van der Waals surface area (Å²) in [6.45, 7) is 1.46. The summed E-state index contributed by atoms with van der Waals surface area (Å²) in [6, 6.07) is 3.00. The number of fused-ring (bicyclic) bond motifs is 1. The van der Waals surface area contributed by atoms with E-state index in [1.807, 2.05) is 0 Å². The molecule has 98 valence electrons. The number of aryl methyl sites for hydroxylation is 1. The molecule has 0 atom stereocenters. The normalized spacial score (nSPS) is 13.3. The minimum atomic E-state index is -0.470. The van der Waals surface area contributed by atoms with Crippen LogP contribution in [0.5, 0.6) is 0 Å². The van der Waals surface area contributed by atoms with E-state index < -0.39 is 4.92 Å². The number of aromatic nitrogens is 4. The molecule has 0 unspecified atom stereocenters. The van der Waals surface area contributed by atoms with Crippen molar-refractivity contribution < 1.29 is 4.92 Å². The summed E-state index contributed by atoms with van der Waals surface area (Å²) >= 11 is 0. The van der Waals surface area contributed by atoms with Gasteiger partial charge in [0.1, 0.15) is 17.8 Å². The number of hydrogen-bond acceptors (Lipinski definition) is 6. The summed E-state index contributed by atoms with van der Waals surface area (Å²) in [5.41, 5.74) is -0.0195. The number of nitrogens with one attached hydrogen (secondary N) is 1. The molecule has 0 saturated carbocycles. The fourth-order valence-electron chi connectivity index (χ4n) is 2.11. The Morgan fingerprint density at radius 1 is 1.42 bits per heavy atom. The first-order chi connectivity index (χ1) is 9.24. The lowest BCUT2D eigenvalue weighted by Crippen LogP contribution is -2.08. The van der Waals surface area contributed by atoms with Crippen LogP contribution in [0.2, 0.25) is 0 Å². The van der Waals surface area contributed by atoms with Crippen LogP contribution in [-0.4, -0.2) is 24.7 Å². The molecule has 0 radical (unpaired) electrons. The zero-order valence-corrected chi connectivity index (χ0v) is 10.1. The van der Waals surface area contributed by atoms with Gasteiger partial charge < -0.3 is 9.88 Å². The van der Waals surface area contributed by atoms with Gasteiger partial charge in [0.2, 0.25) is 0 Å². The summed E-state index contributed by atoms with van der Waals surface area (Å²) in [6.07, 6.45) is 3.31. The zero-order chi connectivity index (χ0) is 13.2. The highest BCUT2D eigenvalue weighted by Crippen LogP contribution is 2.16. The van der Waals surface area contributed by atoms with Gasteiger partial charge in [0.15, 0.2) is 5.82 Å². The minimum absolute atomic E-state index is 0.0195. The SMILES string of the molecule is O=[N+]([O-])c1ccc(NCc2nnc3n2CCC3)nc1. The molecule has 1 N–H and O–H groups in total. The Morgan fingerprint density at radius 2 is 2.32 bits per heavy atom. The first-order valence-corrected chi connectivity index (χ1v) is 5.99. The molecule has 0 bridgehead atoms. The molecule has 3 heterocycles. The molecule has 0 aromatic carbocycles. The van der Waals surface area contributed by atoms with Crippen molar-refractivity contribution >= 4 is 11.5 Å². The molecule has 8 heteroatoms. The monoisotopic (exact) mass is 260 g/mol. The number of anilines is 1. The first-order valence-electron chi connectivity index (χ1n) is 5.99. The lowest BCUT2D eigenvalue weighted by atomic mass is 10.4. The van der Waals surface area contributed by atoms with Crippen molar-refractivity contribution in [2.24, 2.45) is 0 Å². The van der Waals surface area contributed by atoms with Crippen LogP contribution < -0.4 is 5.32 Å². The Kier molecular flexibility index (Phi) is 2.82. The number of hydrogen-bond donors (Lipinski definition) is 1. The average molecular weight is 260 g/mol. The van der Waals surface area contributed by atoms with Gasteiger partial charge in [-0.1, -0.05) is 0 Å². The van der Waals surface area contributed by atoms with Gasteiger partial charge in [-0.15, -0.1) is 10.2 Å². The van der Waals surface area contributed by atoms with Gasteiger partial charge in [-0.2, -0.15) is 0 Å². The molecule has 0 saturated heterocycles. The van der Waals surface area contributed by atoms with Crippen molar-refractivity contribution in [2.45, 2.75) is 25.9 Å².